The molecule has 0 unspecified atom stereocenters. The number of thiocarbonyl (C=S) groups is 1. The lowest BCUT2D eigenvalue weighted by Crippen LogP contribution is -2.27. The number of nitrogens with zero attached hydrogens (tertiary/aromatic N) is 1. The highest BCUT2D eigenvalue weighted by molar-refractivity contribution is 8.26. The number of carbonyl (C=O) groups excluding carboxylic acids is 1. The van der Waals surface area contributed by atoms with Crippen LogP contribution in [0.4, 0.5) is 0 Å². The standard InChI is InChI=1S/C23H25NO3S2/c1-4-24-22(25)21(29-23(24)28)15-18-10-5-6-11-20(18)27-14-8-13-26-19-12-7-9-16(2)17(19)3/h5-7,9-12,15H,4,8,13-14H2,1-3H3. The highest BCUT2D eigenvalue weighted by Crippen LogP contribution is 2.34. The third kappa shape index (κ3) is 5.19. The monoisotopic (exact) mass is 427 g/mol. The highest BCUT2D eigenvalue weighted by Gasteiger charge is 2.30. The first-order chi connectivity index (χ1) is 14.0. The summed E-state index contributed by atoms with van der Waals surface area (Å²) in [6.45, 7) is 7.77. The minimum absolute atomic E-state index is 0.0424. The van der Waals surface area contributed by atoms with Gasteiger partial charge in [-0.15, -0.1) is 0 Å². The number of benzene rings is 2. The quantitative estimate of drug-likeness (QED) is 0.322. The largest absolute Gasteiger partial charge is 0.493 e. The second-order valence-electron chi connectivity index (χ2n) is 6.71. The van der Waals surface area contributed by atoms with E-state index in [1.165, 1.54) is 22.9 Å². The molecule has 2 aromatic carbocycles. The summed E-state index contributed by atoms with van der Waals surface area (Å²) in [4.78, 5) is 14.7. The molecule has 1 aliphatic rings. The van der Waals surface area contributed by atoms with Crippen molar-refractivity contribution in [2.75, 3.05) is 19.8 Å². The molecule has 0 aromatic heterocycles. The van der Waals surface area contributed by atoms with E-state index in [4.69, 9.17) is 21.7 Å². The molecule has 0 radical (unpaired) electrons. The summed E-state index contributed by atoms with van der Waals surface area (Å²) in [6, 6.07) is 13.8. The normalized spacial score (nSPS) is 15.3. The van der Waals surface area contributed by atoms with Crippen LogP contribution in [0.2, 0.25) is 0 Å². The number of para-hydroxylation sites is 1. The minimum atomic E-state index is -0.0424. The van der Waals surface area contributed by atoms with Crippen molar-refractivity contribution in [3.63, 3.8) is 0 Å². The third-order valence-corrected chi connectivity index (χ3v) is 6.13. The smallest absolute Gasteiger partial charge is 0.266 e. The Bertz CT molecular complexity index is 939. The fraction of sp³-hybridized carbons (Fsp3) is 0.304. The molecule has 1 saturated heterocycles. The van der Waals surface area contributed by atoms with Gasteiger partial charge in [-0.05, 0) is 50.1 Å². The number of rotatable bonds is 8. The second kappa shape index (κ2) is 9.94. The maximum absolute atomic E-state index is 12.4. The van der Waals surface area contributed by atoms with Gasteiger partial charge < -0.3 is 9.47 Å². The Morgan fingerprint density at radius 2 is 1.72 bits per heavy atom. The van der Waals surface area contributed by atoms with Crippen molar-refractivity contribution in [3.05, 3.63) is 64.1 Å². The number of hydrogen-bond donors (Lipinski definition) is 0. The molecule has 0 aliphatic carbocycles. The predicted molar refractivity (Wildman–Crippen MR) is 124 cm³/mol. The summed E-state index contributed by atoms with van der Waals surface area (Å²) in [7, 11) is 0. The van der Waals surface area contributed by atoms with Gasteiger partial charge in [0.05, 0.1) is 18.1 Å². The lowest BCUT2D eigenvalue weighted by Gasteiger charge is -2.12. The Morgan fingerprint density at radius 1 is 1.03 bits per heavy atom. The van der Waals surface area contributed by atoms with Gasteiger partial charge in [0.15, 0.2) is 0 Å². The number of aryl methyl sites for hydroxylation is 1. The van der Waals surface area contributed by atoms with E-state index in [2.05, 4.69) is 19.9 Å². The van der Waals surface area contributed by atoms with Crippen LogP contribution in [0.1, 0.15) is 30.0 Å². The molecule has 1 amide bonds. The molecule has 6 heteroatoms. The van der Waals surface area contributed by atoms with E-state index in [0.29, 0.717) is 29.0 Å². The molecular weight excluding hydrogens is 402 g/mol. The zero-order valence-corrected chi connectivity index (χ0v) is 18.6. The van der Waals surface area contributed by atoms with Gasteiger partial charge in [-0.3, -0.25) is 9.69 Å². The number of thioether (sulfide) groups is 1. The Hall–Kier alpha value is -2.31. The third-order valence-electron chi connectivity index (χ3n) is 4.75. The molecular formula is C23H25NO3S2. The van der Waals surface area contributed by atoms with Crippen LogP contribution in [-0.2, 0) is 4.79 Å². The van der Waals surface area contributed by atoms with Crippen molar-refractivity contribution in [1.82, 2.24) is 4.90 Å². The van der Waals surface area contributed by atoms with E-state index >= 15 is 0 Å². The Kier molecular flexibility index (Phi) is 7.34. The summed E-state index contributed by atoms with van der Waals surface area (Å²) in [5.74, 6) is 1.63. The maximum Gasteiger partial charge on any atom is 0.266 e. The van der Waals surface area contributed by atoms with Crippen LogP contribution in [-0.4, -0.2) is 34.9 Å². The molecule has 0 atom stereocenters. The molecule has 1 heterocycles. The fourth-order valence-corrected chi connectivity index (χ4v) is 4.32. The lowest BCUT2D eigenvalue weighted by molar-refractivity contribution is -0.121. The average Bonchev–Trinajstić information content (AvgIpc) is 2.98. The molecule has 0 bridgehead atoms. The minimum Gasteiger partial charge on any atom is -0.493 e. The average molecular weight is 428 g/mol. The molecule has 29 heavy (non-hydrogen) atoms. The van der Waals surface area contributed by atoms with Crippen molar-refractivity contribution >= 4 is 40.3 Å². The van der Waals surface area contributed by atoms with Gasteiger partial charge in [0.1, 0.15) is 15.8 Å². The Labute approximate surface area is 181 Å². The van der Waals surface area contributed by atoms with Gasteiger partial charge in [-0.25, -0.2) is 0 Å². The van der Waals surface area contributed by atoms with Gasteiger partial charge >= 0.3 is 0 Å². The van der Waals surface area contributed by atoms with Crippen molar-refractivity contribution in [2.24, 2.45) is 0 Å². The van der Waals surface area contributed by atoms with Gasteiger partial charge in [0.2, 0.25) is 0 Å². The van der Waals surface area contributed by atoms with E-state index in [1.807, 2.05) is 49.4 Å². The van der Waals surface area contributed by atoms with Crippen LogP contribution in [0.3, 0.4) is 0 Å². The van der Waals surface area contributed by atoms with Crippen molar-refractivity contribution < 1.29 is 14.3 Å². The predicted octanol–water partition coefficient (Wildman–Crippen LogP) is 5.37. The SMILES string of the molecule is CCN1C(=O)C(=Cc2ccccc2OCCCOc2cccc(C)c2C)SC1=S. The lowest BCUT2D eigenvalue weighted by atomic mass is 10.1. The van der Waals surface area contributed by atoms with Crippen molar-refractivity contribution in [1.29, 1.82) is 0 Å². The second-order valence-corrected chi connectivity index (χ2v) is 8.39. The van der Waals surface area contributed by atoms with E-state index in [0.717, 1.165) is 23.5 Å². The molecule has 0 spiro atoms. The summed E-state index contributed by atoms with van der Waals surface area (Å²) in [6.07, 6.45) is 2.62. The van der Waals surface area contributed by atoms with Gasteiger partial charge in [0, 0.05) is 18.5 Å². The number of ether oxygens (including phenoxy) is 2. The topological polar surface area (TPSA) is 38.8 Å². The maximum atomic E-state index is 12.4. The molecule has 1 fully saturated rings. The zero-order valence-electron chi connectivity index (χ0n) is 16.9. The Balaban J connectivity index is 1.57. The summed E-state index contributed by atoms with van der Waals surface area (Å²) < 4.78 is 12.4. The summed E-state index contributed by atoms with van der Waals surface area (Å²) in [5.41, 5.74) is 3.27. The number of hydrogen-bond acceptors (Lipinski definition) is 5. The number of likely N-dealkylation sites (N-methyl/N-ethyl adjacent to an activating group) is 1. The van der Waals surface area contributed by atoms with E-state index in [-0.39, 0.29) is 5.91 Å². The molecule has 3 rings (SSSR count). The van der Waals surface area contributed by atoms with Crippen molar-refractivity contribution in [2.45, 2.75) is 27.2 Å². The van der Waals surface area contributed by atoms with Gasteiger partial charge in [0.25, 0.3) is 5.91 Å². The molecule has 0 saturated carbocycles. The fourth-order valence-electron chi connectivity index (χ4n) is 2.95. The van der Waals surface area contributed by atoms with E-state index in [1.54, 1.807) is 4.90 Å². The summed E-state index contributed by atoms with van der Waals surface area (Å²) in [5, 5.41) is 0. The van der Waals surface area contributed by atoms with Crippen LogP contribution in [0, 0.1) is 13.8 Å². The zero-order chi connectivity index (χ0) is 20.8. The van der Waals surface area contributed by atoms with Gasteiger partial charge in [-0.1, -0.05) is 54.3 Å². The molecule has 1 aliphatic heterocycles. The van der Waals surface area contributed by atoms with Gasteiger partial charge in [-0.2, -0.15) is 0 Å². The van der Waals surface area contributed by atoms with Crippen molar-refractivity contribution in [3.8, 4) is 11.5 Å². The first kappa shape index (κ1) is 21.4. The van der Waals surface area contributed by atoms with Crippen LogP contribution in [0.5, 0.6) is 11.5 Å². The van der Waals surface area contributed by atoms with Crippen LogP contribution < -0.4 is 9.47 Å². The molecule has 0 N–H and O–H groups in total. The first-order valence-corrected chi connectivity index (χ1v) is 10.9. The Morgan fingerprint density at radius 3 is 2.45 bits per heavy atom. The van der Waals surface area contributed by atoms with E-state index in [9.17, 15) is 4.79 Å². The first-order valence-electron chi connectivity index (χ1n) is 9.67. The van der Waals surface area contributed by atoms with Crippen LogP contribution in [0.25, 0.3) is 6.08 Å². The highest BCUT2D eigenvalue weighted by atomic mass is 32.2. The molecule has 2 aromatic rings. The van der Waals surface area contributed by atoms with Crippen LogP contribution in [0.15, 0.2) is 47.4 Å². The molecule has 152 valence electrons. The number of amides is 1. The van der Waals surface area contributed by atoms with Crippen LogP contribution >= 0.6 is 24.0 Å². The summed E-state index contributed by atoms with van der Waals surface area (Å²) >= 11 is 6.62. The van der Waals surface area contributed by atoms with E-state index < -0.39 is 0 Å². The number of carbonyl (C=O) groups is 1. The molecule has 4 nitrogen and oxygen atoms in total.